The van der Waals surface area contributed by atoms with Crippen molar-refractivity contribution in [3.05, 3.63) is 40.2 Å². The Bertz CT molecular complexity index is 1440. The predicted octanol–water partition coefficient (Wildman–Crippen LogP) is 5.09. The smallest absolute Gasteiger partial charge is 0.239 e. The van der Waals surface area contributed by atoms with Crippen LogP contribution in [0.25, 0.3) is 27.1 Å². The maximum atomic E-state index is 13.6. The number of likely N-dealkylation sites (tertiary alicyclic amines) is 1. The second-order valence-electron chi connectivity index (χ2n) is 10.7. The number of fused-ring (bicyclic) bond motifs is 2. The number of H-pyrrole nitrogens is 1. The standard InChI is InChI=1S/C27H33FN6OS/c1-14(2)21-22-16(4)24(17-5-7-33(8-6-17)27(35)20-10-19(28)11-29-20)36-26(22)32-23(21)18-9-15(3)25-30-13-31-34(25)12-18/h9,12-14,17,19-20,29,32H,5-8,10-11H2,1-4H3/t19-,20-/m1/s1. The fourth-order valence-corrected chi connectivity index (χ4v) is 7.53. The summed E-state index contributed by atoms with van der Waals surface area (Å²) in [7, 11) is 0. The number of pyridine rings is 1. The number of nitrogens with one attached hydrogen (secondary N) is 2. The van der Waals surface area contributed by atoms with E-state index in [0.717, 1.165) is 48.4 Å². The van der Waals surface area contributed by atoms with E-state index in [1.807, 2.05) is 20.8 Å². The number of hydrogen-bond donors (Lipinski definition) is 2. The molecule has 2 N–H and O–H groups in total. The summed E-state index contributed by atoms with van der Waals surface area (Å²) >= 11 is 1.87. The Morgan fingerprint density at radius 3 is 2.72 bits per heavy atom. The fraction of sp³-hybridized carbons (Fsp3) is 0.519. The van der Waals surface area contributed by atoms with Gasteiger partial charge in [-0.05, 0) is 61.3 Å². The monoisotopic (exact) mass is 508 g/mol. The number of aromatic nitrogens is 4. The molecule has 2 saturated heterocycles. The summed E-state index contributed by atoms with van der Waals surface area (Å²) in [6.07, 6.45) is 4.96. The molecule has 0 unspecified atom stereocenters. The number of alkyl halides is 1. The van der Waals surface area contributed by atoms with Gasteiger partial charge in [-0.1, -0.05) is 13.8 Å². The maximum Gasteiger partial charge on any atom is 0.239 e. The summed E-state index contributed by atoms with van der Waals surface area (Å²) in [6, 6.07) is 1.84. The minimum atomic E-state index is -0.907. The molecule has 2 aliphatic heterocycles. The zero-order chi connectivity index (χ0) is 25.1. The second-order valence-corrected chi connectivity index (χ2v) is 11.7. The van der Waals surface area contributed by atoms with Gasteiger partial charge in [-0.3, -0.25) is 4.79 Å². The van der Waals surface area contributed by atoms with E-state index in [0.29, 0.717) is 24.8 Å². The van der Waals surface area contributed by atoms with Gasteiger partial charge in [-0.2, -0.15) is 5.10 Å². The molecule has 0 radical (unpaired) electrons. The molecule has 36 heavy (non-hydrogen) atoms. The van der Waals surface area contributed by atoms with Crippen molar-refractivity contribution in [3.8, 4) is 11.3 Å². The Kier molecular flexibility index (Phi) is 5.87. The van der Waals surface area contributed by atoms with Crippen molar-refractivity contribution in [1.82, 2.24) is 29.8 Å². The van der Waals surface area contributed by atoms with Gasteiger partial charge in [0.05, 0.1) is 11.7 Å². The van der Waals surface area contributed by atoms with E-state index in [1.54, 1.807) is 6.33 Å². The van der Waals surface area contributed by atoms with Gasteiger partial charge < -0.3 is 15.2 Å². The number of aryl methyl sites for hydroxylation is 2. The van der Waals surface area contributed by atoms with Gasteiger partial charge in [0.15, 0.2) is 5.65 Å². The molecule has 6 heterocycles. The van der Waals surface area contributed by atoms with Crippen LogP contribution >= 0.6 is 11.3 Å². The highest BCUT2D eigenvalue weighted by atomic mass is 32.1. The van der Waals surface area contributed by atoms with Crippen LogP contribution in [0.4, 0.5) is 4.39 Å². The summed E-state index contributed by atoms with van der Waals surface area (Å²) in [5.41, 5.74) is 6.99. The van der Waals surface area contributed by atoms with E-state index < -0.39 is 6.17 Å². The van der Waals surface area contributed by atoms with E-state index >= 15 is 0 Å². The van der Waals surface area contributed by atoms with E-state index in [2.05, 4.69) is 60.3 Å². The quantitative estimate of drug-likeness (QED) is 0.403. The summed E-state index contributed by atoms with van der Waals surface area (Å²) < 4.78 is 15.4. The predicted molar refractivity (Wildman–Crippen MR) is 142 cm³/mol. The highest BCUT2D eigenvalue weighted by molar-refractivity contribution is 7.19. The van der Waals surface area contributed by atoms with Crippen LogP contribution in [0.5, 0.6) is 0 Å². The Hall–Kier alpha value is -2.78. The van der Waals surface area contributed by atoms with Crippen LogP contribution in [-0.2, 0) is 4.79 Å². The Labute approximate surface area is 214 Å². The first-order chi connectivity index (χ1) is 17.3. The topological polar surface area (TPSA) is 78.3 Å². The zero-order valence-corrected chi connectivity index (χ0v) is 22.1. The average Bonchev–Trinajstić information content (AvgIpc) is 3.63. The first-order valence-electron chi connectivity index (χ1n) is 12.9. The summed E-state index contributed by atoms with van der Waals surface area (Å²) in [4.78, 5) is 25.5. The highest BCUT2D eigenvalue weighted by Gasteiger charge is 2.35. The molecular formula is C27H33FN6OS. The molecule has 0 aromatic carbocycles. The van der Waals surface area contributed by atoms with E-state index in [-0.39, 0.29) is 11.9 Å². The number of hydrogen-bond acceptors (Lipinski definition) is 5. The molecular weight excluding hydrogens is 475 g/mol. The Morgan fingerprint density at radius 1 is 1.25 bits per heavy atom. The lowest BCUT2D eigenvalue weighted by Gasteiger charge is -2.33. The molecule has 4 aromatic rings. The number of thiophene rings is 1. The number of rotatable bonds is 4. The van der Waals surface area contributed by atoms with Crippen LogP contribution < -0.4 is 5.32 Å². The zero-order valence-electron chi connectivity index (χ0n) is 21.3. The largest absolute Gasteiger partial charge is 0.346 e. The molecule has 190 valence electrons. The third-order valence-corrected chi connectivity index (χ3v) is 9.31. The van der Waals surface area contributed by atoms with E-state index in [4.69, 9.17) is 0 Å². The molecule has 0 spiro atoms. The molecule has 2 atom stereocenters. The van der Waals surface area contributed by atoms with Crippen LogP contribution in [0.15, 0.2) is 18.6 Å². The SMILES string of the molecule is Cc1c(C2CCN(C(=O)[C@H]3C[C@@H](F)CN3)CC2)sc2[nH]c(-c3cc(C)c4ncnn4c3)c(C(C)C)c12. The molecule has 2 fully saturated rings. The molecule has 2 aliphatic rings. The minimum absolute atomic E-state index is 0.0648. The number of carbonyl (C=O) groups is 1. The summed E-state index contributed by atoms with van der Waals surface area (Å²) in [5, 5.41) is 8.75. The number of amides is 1. The molecule has 7 nitrogen and oxygen atoms in total. The highest BCUT2D eigenvalue weighted by Crippen LogP contribution is 2.46. The summed E-state index contributed by atoms with van der Waals surface area (Å²) in [5.74, 6) is 0.872. The van der Waals surface area contributed by atoms with Gasteiger partial charge in [0.2, 0.25) is 5.91 Å². The number of nitrogens with zero attached hydrogens (tertiary/aromatic N) is 4. The van der Waals surface area contributed by atoms with Crippen molar-refractivity contribution in [1.29, 1.82) is 0 Å². The normalized spacial score (nSPS) is 21.4. The van der Waals surface area contributed by atoms with Gasteiger partial charge in [0, 0.05) is 48.1 Å². The molecule has 9 heteroatoms. The van der Waals surface area contributed by atoms with Gasteiger partial charge in [0.25, 0.3) is 0 Å². The van der Waals surface area contributed by atoms with Crippen molar-refractivity contribution in [2.45, 2.75) is 71.0 Å². The lowest BCUT2D eigenvalue weighted by Crippen LogP contribution is -2.46. The molecule has 6 rings (SSSR count). The van der Waals surface area contributed by atoms with Crippen LogP contribution in [0, 0.1) is 13.8 Å². The first kappa shape index (κ1) is 23.6. The Balaban J connectivity index is 1.29. The summed E-state index contributed by atoms with van der Waals surface area (Å²) in [6.45, 7) is 10.6. The maximum absolute atomic E-state index is 13.6. The van der Waals surface area contributed by atoms with Crippen molar-refractivity contribution < 1.29 is 9.18 Å². The van der Waals surface area contributed by atoms with Crippen LogP contribution in [0.2, 0.25) is 0 Å². The van der Waals surface area contributed by atoms with Gasteiger partial charge in [-0.15, -0.1) is 11.3 Å². The lowest BCUT2D eigenvalue weighted by atomic mass is 9.90. The number of aromatic amines is 1. The van der Waals surface area contributed by atoms with E-state index in [9.17, 15) is 9.18 Å². The van der Waals surface area contributed by atoms with Gasteiger partial charge >= 0.3 is 0 Å². The average molecular weight is 509 g/mol. The lowest BCUT2D eigenvalue weighted by molar-refractivity contribution is -0.134. The van der Waals surface area contributed by atoms with Gasteiger partial charge in [-0.25, -0.2) is 13.9 Å². The van der Waals surface area contributed by atoms with E-state index in [1.165, 1.54) is 26.2 Å². The molecule has 0 saturated carbocycles. The third kappa shape index (κ3) is 3.84. The van der Waals surface area contributed by atoms with Crippen molar-refractivity contribution in [3.63, 3.8) is 0 Å². The molecule has 0 bridgehead atoms. The minimum Gasteiger partial charge on any atom is -0.346 e. The molecule has 0 aliphatic carbocycles. The third-order valence-electron chi connectivity index (χ3n) is 7.94. The van der Waals surface area contributed by atoms with Crippen LogP contribution in [0.1, 0.15) is 66.5 Å². The van der Waals surface area contributed by atoms with Crippen molar-refractivity contribution in [2.75, 3.05) is 19.6 Å². The number of piperidine rings is 1. The van der Waals surface area contributed by atoms with Crippen LogP contribution in [0.3, 0.4) is 0 Å². The van der Waals surface area contributed by atoms with Gasteiger partial charge in [0.1, 0.15) is 17.3 Å². The van der Waals surface area contributed by atoms with Crippen molar-refractivity contribution >= 4 is 33.1 Å². The fourth-order valence-electron chi connectivity index (χ4n) is 6.14. The second kappa shape index (κ2) is 8.95. The number of halogens is 1. The molecule has 1 amide bonds. The number of carbonyl (C=O) groups excluding carboxylic acids is 1. The van der Waals surface area contributed by atoms with Crippen LogP contribution in [-0.4, -0.2) is 62.2 Å². The molecule has 4 aromatic heterocycles. The van der Waals surface area contributed by atoms with Crippen molar-refractivity contribution in [2.24, 2.45) is 0 Å². The Morgan fingerprint density at radius 2 is 2.03 bits per heavy atom. The first-order valence-corrected chi connectivity index (χ1v) is 13.7.